The van der Waals surface area contributed by atoms with Gasteiger partial charge < -0.3 is 24.8 Å². The summed E-state index contributed by atoms with van der Waals surface area (Å²) in [4.78, 5) is 37.2. The van der Waals surface area contributed by atoms with Gasteiger partial charge in [-0.3, -0.25) is 0 Å². The maximum Gasteiger partial charge on any atom is 0.343 e. The fourth-order valence-electron chi connectivity index (χ4n) is 3.28. The number of carbonyl (C=O) groups is 3. The van der Waals surface area contributed by atoms with Gasteiger partial charge in [0.25, 0.3) is 0 Å². The molecule has 3 rings (SSSR count). The van der Waals surface area contributed by atoms with E-state index in [1.54, 1.807) is 55.5 Å². The molecule has 1 heterocycles. The Bertz CT molecular complexity index is 1020. The van der Waals surface area contributed by atoms with E-state index >= 15 is 0 Å². The monoisotopic (exact) mass is 424 g/mol. The van der Waals surface area contributed by atoms with Crippen molar-refractivity contribution in [3.63, 3.8) is 0 Å². The molecule has 8 heteroatoms. The van der Waals surface area contributed by atoms with E-state index in [1.807, 2.05) is 6.92 Å². The first kappa shape index (κ1) is 21.9. The molecule has 2 aromatic carbocycles. The van der Waals surface area contributed by atoms with Crippen LogP contribution in [0, 0.1) is 0 Å². The van der Waals surface area contributed by atoms with E-state index in [4.69, 9.17) is 14.2 Å². The molecule has 2 N–H and O–H groups in total. The molecule has 1 aliphatic rings. The molecule has 1 atom stereocenters. The van der Waals surface area contributed by atoms with Crippen molar-refractivity contribution in [3.05, 3.63) is 70.9 Å². The quantitative estimate of drug-likeness (QED) is 0.521. The van der Waals surface area contributed by atoms with E-state index in [0.717, 1.165) is 0 Å². The molecule has 0 radical (unpaired) electrons. The van der Waals surface area contributed by atoms with Crippen molar-refractivity contribution in [1.82, 2.24) is 10.6 Å². The van der Waals surface area contributed by atoms with Crippen LogP contribution in [0.4, 0.5) is 4.79 Å². The van der Waals surface area contributed by atoms with E-state index < -0.39 is 24.0 Å². The van der Waals surface area contributed by atoms with Gasteiger partial charge in [0.1, 0.15) is 0 Å². The molecular formula is C23H24N2O6. The molecule has 0 saturated heterocycles. The lowest BCUT2D eigenvalue weighted by molar-refractivity contribution is -0.139. The highest BCUT2D eigenvalue weighted by molar-refractivity contribution is 5.95. The lowest BCUT2D eigenvalue weighted by Crippen LogP contribution is -2.45. The minimum atomic E-state index is -0.740. The normalized spacial score (nSPS) is 15.6. The van der Waals surface area contributed by atoms with Crippen molar-refractivity contribution < 1.29 is 28.6 Å². The molecule has 8 nitrogen and oxygen atoms in total. The number of urea groups is 1. The zero-order valence-corrected chi connectivity index (χ0v) is 17.6. The Morgan fingerprint density at radius 3 is 2.39 bits per heavy atom. The van der Waals surface area contributed by atoms with Crippen molar-refractivity contribution in [2.75, 3.05) is 13.7 Å². The third-order valence-electron chi connectivity index (χ3n) is 4.74. The van der Waals surface area contributed by atoms with Crippen molar-refractivity contribution in [3.8, 4) is 11.5 Å². The number of hydrogen-bond acceptors (Lipinski definition) is 6. The average Bonchev–Trinajstić information content (AvgIpc) is 2.79. The third-order valence-corrected chi connectivity index (χ3v) is 4.74. The van der Waals surface area contributed by atoms with Crippen LogP contribution in [0.2, 0.25) is 0 Å². The summed E-state index contributed by atoms with van der Waals surface area (Å²) in [7, 11) is 1.44. The third kappa shape index (κ3) is 4.85. The Morgan fingerprint density at radius 2 is 1.74 bits per heavy atom. The van der Waals surface area contributed by atoms with Crippen LogP contribution in [-0.2, 0) is 9.53 Å². The van der Waals surface area contributed by atoms with E-state index in [2.05, 4.69) is 10.6 Å². The first-order chi connectivity index (χ1) is 15.0. The van der Waals surface area contributed by atoms with E-state index in [0.29, 0.717) is 28.8 Å². The van der Waals surface area contributed by atoms with Gasteiger partial charge >= 0.3 is 18.0 Å². The molecular weight excluding hydrogens is 400 g/mol. The molecule has 1 aliphatic heterocycles. The molecule has 1 unspecified atom stereocenters. The highest BCUT2D eigenvalue weighted by Crippen LogP contribution is 2.35. The number of esters is 2. The summed E-state index contributed by atoms with van der Waals surface area (Å²) in [5, 5.41) is 5.42. The van der Waals surface area contributed by atoms with Gasteiger partial charge in [-0.05, 0) is 43.2 Å². The summed E-state index contributed by atoms with van der Waals surface area (Å²) < 4.78 is 16.1. The topological polar surface area (TPSA) is 103 Å². The fraction of sp³-hybridized carbons (Fsp3) is 0.261. The number of carbonyl (C=O) groups excluding carboxylic acids is 3. The highest BCUT2D eigenvalue weighted by Gasteiger charge is 2.33. The van der Waals surface area contributed by atoms with Gasteiger partial charge in [-0.25, -0.2) is 14.4 Å². The Kier molecular flexibility index (Phi) is 6.92. The summed E-state index contributed by atoms with van der Waals surface area (Å²) in [6.45, 7) is 3.76. The number of amides is 2. The second kappa shape index (κ2) is 9.80. The summed E-state index contributed by atoms with van der Waals surface area (Å²) in [6, 6.07) is 12.3. The Hall–Kier alpha value is -3.81. The minimum Gasteiger partial charge on any atom is -0.493 e. The van der Waals surface area contributed by atoms with Gasteiger partial charge in [-0.1, -0.05) is 31.2 Å². The number of hydrogen-bond donors (Lipinski definition) is 2. The van der Waals surface area contributed by atoms with Crippen LogP contribution < -0.4 is 20.1 Å². The van der Waals surface area contributed by atoms with Gasteiger partial charge in [0, 0.05) is 5.70 Å². The first-order valence-electron chi connectivity index (χ1n) is 9.91. The largest absolute Gasteiger partial charge is 0.493 e. The smallest absolute Gasteiger partial charge is 0.343 e. The lowest BCUT2D eigenvalue weighted by Gasteiger charge is -2.29. The predicted octanol–water partition coefficient (Wildman–Crippen LogP) is 3.50. The number of rotatable bonds is 7. The van der Waals surface area contributed by atoms with Crippen molar-refractivity contribution in [1.29, 1.82) is 0 Å². The molecule has 0 aromatic heterocycles. The van der Waals surface area contributed by atoms with Gasteiger partial charge in [-0.15, -0.1) is 0 Å². The van der Waals surface area contributed by atoms with E-state index in [-0.39, 0.29) is 18.1 Å². The zero-order valence-electron chi connectivity index (χ0n) is 17.6. The van der Waals surface area contributed by atoms with Crippen LogP contribution in [0.5, 0.6) is 11.5 Å². The van der Waals surface area contributed by atoms with Crippen LogP contribution in [-0.4, -0.2) is 31.7 Å². The van der Waals surface area contributed by atoms with Crippen LogP contribution in [0.25, 0.3) is 0 Å². The SMILES string of the molecule is CCOC(=O)C1=C(CC)NC(=O)NC1c1ccc(OC(=O)c2ccccc2)c(OC)c1. The standard InChI is InChI=1S/C23H24N2O6/c1-4-16-19(22(27)30-5-2)20(25-23(28)24-16)15-11-12-17(18(13-15)29-3)31-21(26)14-9-7-6-8-10-14/h6-13,20H,4-5H2,1-3H3,(H2,24,25,28). The summed E-state index contributed by atoms with van der Waals surface area (Å²) in [5.74, 6) is -0.536. The number of nitrogens with one attached hydrogen (secondary N) is 2. The molecule has 2 amide bonds. The minimum absolute atomic E-state index is 0.206. The maximum atomic E-state index is 12.6. The predicted molar refractivity (Wildman–Crippen MR) is 113 cm³/mol. The average molecular weight is 424 g/mol. The Labute approximate surface area is 180 Å². The maximum absolute atomic E-state index is 12.6. The van der Waals surface area contributed by atoms with Crippen molar-refractivity contribution in [2.45, 2.75) is 26.3 Å². The molecule has 0 bridgehead atoms. The zero-order chi connectivity index (χ0) is 22.4. The van der Waals surface area contributed by atoms with Crippen LogP contribution in [0.3, 0.4) is 0 Å². The first-order valence-corrected chi connectivity index (χ1v) is 9.91. The molecule has 0 fully saturated rings. The molecule has 31 heavy (non-hydrogen) atoms. The van der Waals surface area contributed by atoms with Gasteiger partial charge in [0.15, 0.2) is 11.5 Å². The second-order valence-electron chi connectivity index (χ2n) is 6.66. The van der Waals surface area contributed by atoms with Crippen molar-refractivity contribution >= 4 is 18.0 Å². The van der Waals surface area contributed by atoms with Crippen LogP contribution in [0.15, 0.2) is 59.8 Å². The summed E-state index contributed by atoms with van der Waals surface area (Å²) in [5.41, 5.74) is 1.80. The molecule has 0 saturated carbocycles. The van der Waals surface area contributed by atoms with Crippen molar-refractivity contribution in [2.24, 2.45) is 0 Å². The van der Waals surface area contributed by atoms with E-state index in [9.17, 15) is 14.4 Å². The Balaban J connectivity index is 1.95. The van der Waals surface area contributed by atoms with Crippen LogP contribution >= 0.6 is 0 Å². The number of ether oxygens (including phenoxy) is 3. The van der Waals surface area contributed by atoms with Crippen LogP contribution in [0.1, 0.15) is 42.2 Å². The Morgan fingerprint density at radius 1 is 1.00 bits per heavy atom. The molecule has 2 aromatic rings. The molecule has 0 aliphatic carbocycles. The van der Waals surface area contributed by atoms with Gasteiger partial charge in [0.05, 0.1) is 30.9 Å². The van der Waals surface area contributed by atoms with Gasteiger partial charge in [0.2, 0.25) is 0 Å². The fourth-order valence-corrected chi connectivity index (χ4v) is 3.28. The number of allylic oxidation sites excluding steroid dienone is 1. The van der Waals surface area contributed by atoms with Gasteiger partial charge in [-0.2, -0.15) is 0 Å². The number of methoxy groups -OCH3 is 1. The summed E-state index contributed by atoms with van der Waals surface area (Å²) in [6.07, 6.45) is 0.446. The second-order valence-corrected chi connectivity index (χ2v) is 6.66. The summed E-state index contributed by atoms with van der Waals surface area (Å²) >= 11 is 0. The molecule has 162 valence electrons. The molecule has 0 spiro atoms. The van der Waals surface area contributed by atoms with E-state index in [1.165, 1.54) is 7.11 Å². The lowest BCUT2D eigenvalue weighted by atomic mass is 9.94. The number of benzene rings is 2. The highest BCUT2D eigenvalue weighted by atomic mass is 16.6.